The number of rotatable bonds is 15. The number of allylic oxidation sites excluding steroid dienone is 2. The van der Waals surface area contributed by atoms with Crippen molar-refractivity contribution in [1.82, 2.24) is 0 Å². The fourth-order valence-electron chi connectivity index (χ4n) is 6.54. The predicted molar refractivity (Wildman–Crippen MR) is 246 cm³/mol. The van der Waals surface area contributed by atoms with E-state index in [2.05, 4.69) is 4.84 Å². The van der Waals surface area contributed by atoms with Gasteiger partial charge < -0.3 is 28.7 Å². The van der Waals surface area contributed by atoms with Crippen LogP contribution in [0, 0.1) is 15.9 Å². The molecule has 13 nitrogen and oxygen atoms in total. The van der Waals surface area contributed by atoms with Gasteiger partial charge in [-0.1, -0.05) is 17.9 Å². The normalized spacial score (nSPS) is 18.8. The van der Waals surface area contributed by atoms with Crippen LogP contribution in [0.25, 0.3) is 17.2 Å². The molecule has 7 rings (SSSR count). The van der Waals surface area contributed by atoms with E-state index in [4.69, 9.17) is 26.0 Å². The third-order valence-corrected chi connectivity index (χ3v) is 37.5. The van der Waals surface area contributed by atoms with Crippen LogP contribution in [-0.2, 0) is 42.0 Å². The number of hydrogen-bond acceptors (Lipinski definition) is 15. The number of ether oxygens (including phenoxy) is 3. The zero-order valence-electron chi connectivity index (χ0n) is 33.1. The first-order valence-corrected chi connectivity index (χ1v) is 28.9. The lowest BCUT2D eigenvalue weighted by Gasteiger charge is -2.37. The Bertz CT molecular complexity index is 2790. The molecular weight excluding hydrogens is 932 g/mol. The quantitative estimate of drug-likeness (QED) is 0.0198. The molecule has 0 radical (unpaired) electrons. The van der Waals surface area contributed by atoms with Crippen molar-refractivity contribution in [3.63, 3.8) is 0 Å². The van der Waals surface area contributed by atoms with Crippen molar-refractivity contribution in [2.24, 2.45) is 0 Å². The van der Waals surface area contributed by atoms with Gasteiger partial charge in [0.05, 0.1) is 13.0 Å². The van der Waals surface area contributed by atoms with Gasteiger partial charge in [-0.2, -0.15) is 0 Å². The highest BCUT2D eigenvalue weighted by molar-refractivity contribution is 9.44. The molecule has 5 aromatic carbocycles. The summed E-state index contributed by atoms with van der Waals surface area (Å²) in [5.41, 5.74) is 0.835. The van der Waals surface area contributed by atoms with E-state index in [0.717, 1.165) is 16.4 Å². The highest BCUT2D eigenvalue weighted by atomic mass is 33.7. The smallest absolute Gasteiger partial charge is 0.347 e. The summed E-state index contributed by atoms with van der Waals surface area (Å²) in [5.74, 6) is -3.26. The van der Waals surface area contributed by atoms with Gasteiger partial charge in [-0.05, 0) is 189 Å². The minimum absolute atomic E-state index is 0.0535. The molecule has 1 aliphatic carbocycles. The molecule has 0 bridgehead atoms. The van der Waals surface area contributed by atoms with Gasteiger partial charge in [0.25, 0.3) is 5.09 Å². The number of fused-ring (bicyclic) bond motifs is 1. The van der Waals surface area contributed by atoms with E-state index in [1.54, 1.807) is 48.7 Å². The summed E-state index contributed by atoms with van der Waals surface area (Å²) in [6.45, 7) is 1.45. The first-order chi connectivity index (χ1) is 30.0. The fourth-order valence-corrected chi connectivity index (χ4v) is 38.3. The Labute approximate surface area is 375 Å². The average Bonchev–Trinajstić information content (AvgIpc) is 3.47. The molecule has 2 aliphatic rings. The van der Waals surface area contributed by atoms with Gasteiger partial charge in [0.15, 0.2) is 4.90 Å². The Morgan fingerprint density at radius 3 is 2.19 bits per heavy atom. The molecule has 1 unspecified atom stereocenters. The maximum absolute atomic E-state index is 14.6. The second-order valence-electron chi connectivity index (χ2n) is 13.9. The SMILES string of the molecule is CC1=C(CC(=O)Oc2ccc(OC(=O)CCCO[N+](=O)[O-])c(C(=O)Oc3ccc(P4(=S)SP(=O)(c5ccc(O)cc5)S4)cc3)c2)c2cc(F)ccc2/C1=C\c1ccc([S+](C)[O-])cc1. The number of phenols is 1. The second kappa shape index (κ2) is 19.3. The van der Waals surface area contributed by atoms with Crippen LogP contribution in [0.2, 0.25) is 0 Å². The van der Waals surface area contributed by atoms with E-state index in [-0.39, 0.29) is 54.4 Å². The maximum atomic E-state index is 14.6. The molecule has 1 N–H and O–H groups in total. The number of benzene rings is 5. The summed E-state index contributed by atoms with van der Waals surface area (Å²) in [7, 11) is 0. The molecule has 20 heteroatoms. The van der Waals surface area contributed by atoms with Crippen LogP contribution in [0.5, 0.6) is 23.0 Å². The Hall–Kier alpha value is -5.19. The molecule has 5 aromatic rings. The number of phenolic OH excluding ortho intramolecular Hbond substituents is 1. The summed E-state index contributed by atoms with van der Waals surface area (Å²) in [5, 5.41) is 20.5. The summed E-state index contributed by atoms with van der Waals surface area (Å²) < 4.78 is 54.5. The lowest BCUT2D eigenvalue weighted by Crippen LogP contribution is -2.16. The number of carbonyl (C=O) groups excluding carboxylic acids is 3. The second-order valence-corrected chi connectivity index (χ2v) is 33.3. The van der Waals surface area contributed by atoms with Gasteiger partial charge in [0.2, 0.25) is 5.55 Å². The van der Waals surface area contributed by atoms with E-state index < -0.39 is 50.0 Å². The average molecular weight is 966 g/mol. The highest BCUT2D eigenvalue weighted by Crippen LogP contribution is 3.03. The molecule has 324 valence electrons. The number of nitrogens with zero attached hydrogens (tertiary/aromatic N) is 1. The Morgan fingerprint density at radius 1 is 0.857 bits per heavy atom. The third-order valence-electron chi connectivity index (χ3n) is 9.61. The molecule has 1 heterocycles. The molecular formula is C43H34FNO12P2S4. The van der Waals surface area contributed by atoms with Crippen LogP contribution in [0.4, 0.5) is 4.39 Å². The van der Waals surface area contributed by atoms with E-state index in [1.807, 2.05) is 25.1 Å². The van der Waals surface area contributed by atoms with Crippen molar-refractivity contribution in [3.8, 4) is 23.0 Å². The minimum atomic E-state index is -2.88. The van der Waals surface area contributed by atoms with Gasteiger partial charge in [-0.15, -0.1) is 10.1 Å². The minimum Gasteiger partial charge on any atom is -0.612 e. The van der Waals surface area contributed by atoms with E-state index in [9.17, 15) is 43.1 Å². The monoisotopic (exact) mass is 965 g/mol. The first kappa shape index (κ1) is 45.8. The summed E-state index contributed by atoms with van der Waals surface area (Å²) in [6, 6.07) is 27.7. The zero-order chi connectivity index (χ0) is 45.1. The standard InChI is InChI=1S/C43H34FNO12P2S4/c1-26-36(22-27-5-17-34(18-6-27)63(2)53)35-19-7-28(44)23-38(35)37(26)25-42(48)55-31-12-20-40(57-41(47)4-3-21-54-45(50)51)39(24-31)43(49)56-30-10-15-33(16-11-30)59(60)61-58(52,62-59)32-13-8-29(46)9-14-32/h5-20,22-24,46H,3-4,21,25H2,1-2H3/b36-22-. The number of hydrogen-bond donors (Lipinski definition) is 1. The maximum Gasteiger partial charge on any atom is 0.347 e. The largest absolute Gasteiger partial charge is 0.612 e. The van der Waals surface area contributed by atoms with Crippen LogP contribution in [0.15, 0.2) is 120 Å². The lowest BCUT2D eigenvalue weighted by molar-refractivity contribution is -0.757. The van der Waals surface area contributed by atoms with Gasteiger partial charge in [0.1, 0.15) is 45.1 Å². The van der Waals surface area contributed by atoms with Gasteiger partial charge in [-0.3, -0.25) is 14.2 Å². The van der Waals surface area contributed by atoms with Crippen LogP contribution in [-0.4, -0.2) is 45.5 Å². The van der Waals surface area contributed by atoms with Crippen molar-refractivity contribution < 1.29 is 57.1 Å². The van der Waals surface area contributed by atoms with Gasteiger partial charge in [0, 0.05) is 17.0 Å². The molecule has 0 saturated carbocycles. The summed E-state index contributed by atoms with van der Waals surface area (Å²) >= 11 is 7.21. The molecule has 63 heavy (non-hydrogen) atoms. The highest BCUT2D eigenvalue weighted by Gasteiger charge is 2.50. The topological polar surface area (TPSA) is 192 Å². The fraction of sp³-hybridized carbons (Fsp3) is 0.140. The number of esters is 3. The molecule has 1 aliphatic heterocycles. The molecule has 0 aromatic heterocycles. The number of carbonyl (C=O) groups is 3. The van der Waals surface area contributed by atoms with Crippen LogP contribution < -0.4 is 24.8 Å². The number of halogens is 1. The van der Waals surface area contributed by atoms with Crippen LogP contribution in [0.1, 0.15) is 53.2 Å². The predicted octanol–water partition coefficient (Wildman–Crippen LogP) is 9.64. The third kappa shape index (κ3) is 10.8. The van der Waals surface area contributed by atoms with Gasteiger partial charge in [-0.25, -0.2) is 9.18 Å². The van der Waals surface area contributed by atoms with Crippen molar-refractivity contribution >= 4 is 101 Å². The van der Waals surface area contributed by atoms with E-state index in [1.165, 1.54) is 76.6 Å². The summed E-state index contributed by atoms with van der Waals surface area (Å²) in [4.78, 5) is 55.5. The van der Waals surface area contributed by atoms with Crippen LogP contribution in [0.3, 0.4) is 0 Å². The van der Waals surface area contributed by atoms with Crippen molar-refractivity contribution in [3.05, 3.63) is 153 Å². The lowest BCUT2D eigenvalue weighted by atomic mass is 10.0. The van der Waals surface area contributed by atoms with Crippen molar-refractivity contribution in [2.75, 3.05) is 12.9 Å². The molecule has 1 fully saturated rings. The van der Waals surface area contributed by atoms with Crippen molar-refractivity contribution in [2.45, 2.75) is 31.1 Å². The Kier molecular flexibility index (Phi) is 14.0. The molecule has 1 atom stereocenters. The summed E-state index contributed by atoms with van der Waals surface area (Å²) in [6.07, 6.45) is 2.86. The first-order valence-electron chi connectivity index (χ1n) is 18.7. The zero-order valence-corrected chi connectivity index (χ0v) is 38.1. The molecule has 0 amide bonds. The number of aromatic hydroxyl groups is 1. The van der Waals surface area contributed by atoms with E-state index >= 15 is 0 Å². The van der Waals surface area contributed by atoms with Crippen molar-refractivity contribution in [1.29, 1.82) is 0 Å². The Morgan fingerprint density at radius 2 is 1.52 bits per heavy atom. The van der Waals surface area contributed by atoms with E-state index in [0.29, 0.717) is 32.5 Å². The van der Waals surface area contributed by atoms with Crippen LogP contribution >= 0.6 is 32.0 Å². The molecule has 1 saturated heterocycles. The molecule has 0 spiro atoms. The Balaban J connectivity index is 1.09. The van der Waals surface area contributed by atoms with Gasteiger partial charge >= 0.3 is 17.9 Å².